The fourth-order valence-corrected chi connectivity index (χ4v) is 1.89. The van der Waals surface area contributed by atoms with Crippen molar-refractivity contribution in [3.8, 4) is 0 Å². The molecular weight excluding hydrogens is 215 g/mol. The number of halogens is 1. The van der Waals surface area contributed by atoms with Crippen LogP contribution in [0.3, 0.4) is 0 Å². The molecule has 0 radical (unpaired) electrons. The van der Waals surface area contributed by atoms with Crippen LogP contribution in [0.4, 0.5) is 4.39 Å². The Hall–Kier alpha value is -0.930. The number of nitrogens with zero attached hydrogens (tertiary/aromatic N) is 1. The Bertz CT molecular complexity index is 339. The van der Waals surface area contributed by atoms with Gasteiger partial charge in [0.2, 0.25) is 0 Å². The molecule has 1 aromatic rings. The second-order valence-corrected chi connectivity index (χ2v) is 4.49. The fraction of sp³-hybridized carbons (Fsp3) is 0.571. The number of hydrogen-bond donors (Lipinski definition) is 1. The Morgan fingerprint density at radius 3 is 2.71 bits per heavy atom. The maximum Gasteiger partial charge on any atom is 0.123 e. The third kappa shape index (κ3) is 4.84. The summed E-state index contributed by atoms with van der Waals surface area (Å²) in [6, 6.07) is 4.98. The van der Waals surface area contributed by atoms with E-state index in [0.29, 0.717) is 6.54 Å². The van der Waals surface area contributed by atoms with Gasteiger partial charge >= 0.3 is 0 Å². The van der Waals surface area contributed by atoms with Crippen molar-refractivity contribution in [2.45, 2.75) is 33.2 Å². The van der Waals surface area contributed by atoms with Crippen LogP contribution in [-0.2, 0) is 6.54 Å². The molecule has 0 fully saturated rings. The number of rotatable bonds is 7. The Balaban J connectivity index is 2.67. The molecule has 17 heavy (non-hydrogen) atoms. The predicted molar refractivity (Wildman–Crippen MR) is 70.4 cm³/mol. The van der Waals surface area contributed by atoms with Gasteiger partial charge in [-0.2, -0.15) is 0 Å². The molecule has 3 heteroatoms. The lowest BCUT2D eigenvalue weighted by molar-refractivity contribution is 0.267. The average molecular weight is 238 g/mol. The summed E-state index contributed by atoms with van der Waals surface area (Å²) in [5, 5.41) is 0. The lowest BCUT2D eigenvalue weighted by atomic mass is 10.1. The van der Waals surface area contributed by atoms with Crippen LogP contribution in [0, 0.1) is 12.7 Å². The van der Waals surface area contributed by atoms with Crippen LogP contribution >= 0.6 is 0 Å². The predicted octanol–water partition coefficient (Wildman–Crippen LogP) is 2.69. The number of benzene rings is 1. The molecule has 0 aromatic heterocycles. The summed E-state index contributed by atoms with van der Waals surface area (Å²) in [6.07, 6.45) is 2.33. The molecule has 0 heterocycles. The van der Waals surface area contributed by atoms with Crippen molar-refractivity contribution in [1.29, 1.82) is 0 Å². The van der Waals surface area contributed by atoms with E-state index in [9.17, 15) is 4.39 Å². The van der Waals surface area contributed by atoms with Crippen molar-refractivity contribution < 1.29 is 4.39 Å². The summed E-state index contributed by atoms with van der Waals surface area (Å²) in [5.41, 5.74) is 7.81. The number of unbranched alkanes of at least 4 members (excludes halogenated alkanes) is 1. The van der Waals surface area contributed by atoms with Crippen molar-refractivity contribution in [1.82, 2.24) is 4.90 Å². The van der Waals surface area contributed by atoms with Gasteiger partial charge in [-0.15, -0.1) is 0 Å². The molecule has 0 saturated heterocycles. The zero-order valence-corrected chi connectivity index (χ0v) is 10.9. The van der Waals surface area contributed by atoms with Crippen LogP contribution in [-0.4, -0.2) is 24.5 Å². The van der Waals surface area contributed by atoms with Crippen LogP contribution in [0.5, 0.6) is 0 Å². The zero-order valence-electron chi connectivity index (χ0n) is 10.9. The van der Waals surface area contributed by atoms with Crippen molar-refractivity contribution in [2.24, 2.45) is 5.73 Å². The minimum absolute atomic E-state index is 0.159. The third-order valence-corrected chi connectivity index (χ3v) is 2.98. The highest BCUT2D eigenvalue weighted by molar-refractivity contribution is 5.26. The summed E-state index contributed by atoms with van der Waals surface area (Å²) in [6.45, 7) is 7.54. The van der Waals surface area contributed by atoms with Crippen molar-refractivity contribution in [2.75, 3.05) is 19.6 Å². The van der Waals surface area contributed by atoms with Gasteiger partial charge in [-0.05, 0) is 43.1 Å². The highest BCUT2D eigenvalue weighted by Crippen LogP contribution is 2.13. The molecule has 0 aliphatic heterocycles. The highest BCUT2D eigenvalue weighted by atomic mass is 19.1. The first-order valence-electron chi connectivity index (χ1n) is 6.34. The molecule has 1 aromatic carbocycles. The minimum atomic E-state index is -0.159. The summed E-state index contributed by atoms with van der Waals surface area (Å²) < 4.78 is 13.2. The molecule has 0 spiro atoms. The van der Waals surface area contributed by atoms with Gasteiger partial charge in [0.15, 0.2) is 0 Å². The van der Waals surface area contributed by atoms with Crippen LogP contribution < -0.4 is 5.73 Å². The van der Waals surface area contributed by atoms with Gasteiger partial charge in [-0.25, -0.2) is 4.39 Å². The van der Waals surface area contributed by atoms with Gasteiger partial charge in [0.1, 0.15) is 5.82 Å². The first-order chi connectivity index (χ1) is 8.17. The molecule has 0 saturated carbocycles. The van der Waals surface area contributed by atoms with Crippen molar-refractivity contribution in [3.05, 3.63) is 35.1 Å². The van der Waals surface area contributed by atoms with Gasteiger partial charge in [0.25, 0.3) is 0 Å². The Kier molecular flexibility index (Phi) is 6.16. The first kappa shape index (κ1) is 14.1. The molecular formula is C14H23FN2. The fourth-order valence-electron chi connectivity index (χ4n) is 1.89. The second kappa shape index (κ2) is 7.41. The average Bonchev–Trinajstić information content (AvgIpc) is 2.31. The monoisotopic (exact) mass is 238 g/mol. The maximum atomic E-state index is 13.2. The quantitative estimate of drug-likeness (QED) is 0.791. The Morgan fingerprint density at radius 1 is 1.29 bits per heavy atom. The number of aryl methyl sites for hydroxylation is 1. The summed E-state index contributed by atoms with van der Waals surface area (Å²) in [7, 11) is 0. The van der Waals surface area contributed by atoms with Crippen LogP contribution in [0.25, 0.3) is 0 Å². The standard InChI is InChI=1S/C14H23FN2/c1-3-4-8-17(9-7-16)11-13-10-14(15)6-5-12(13)2/h5-6,10H,3-4,7-9,11,16H2,1-2H3. The third-order valence-electron chi connectivity index (χ3n) is 2.98. The zero-order chi connectivity index (χ0) is 12.7. The number of nitrogens with two attached hydrogens (primary N) is 1. The van der Waals surface area contributed by atoms with Crippen LogP contribution in [0.1, 0.15) is 30.9 Å². The van der Waals surface area contributed by atoms with E-state index in [1.165, 1.54) is 12.5 Å². The second-order valence-electron chi connectivity index (χ2n) is 4.49. The molecule has 2 nitrogen and oxygen atoms in total. The maximum absolute atomic E-state index is 13.2. The normalized spacial score (nSPS) is 11.1. The summed E-state index contributed by atoms with van der Waals surface area (Å²) in [4.78, 5) is 2.30. The van der Waals surface area contributed by atoms with Crippen LogP contribution in [0.2, 0.25) is 0 Å². The molecule has 0 bridgehead atoms. The van der Waals surface area contributed by atoms with Crippen molar-refractivity contribution in [3.63, 3.8) is 0 Å². The van der Waals surface area contributed by atoms with E-state index in [1.807, 2.05) is 13.0 Å². The lowest BCUT2D eigenvalue weighted by Gasteiger charge is -2.22. The molecule has 0 aliphatic carbocycles. The largest absolute Gasteiger partial charge is 0.329 e. The summed E-state index contributed by atoms with van der Waals surface area (Å²) >= 11 is 0. The van der Waals surface area contributed by atoms with Gasteiger partial charge in [0, 0.05) is 19.6 Å². The molecule has 1 rings (SSSR count). The van der Waals surface area contributed by atoms with Gasteiger partial charge < -0.3 is 5.73 Å². The Labute approximate surface area is 104 Å². The Morgan fingerprint density at radius 2 is 2.06 bits per heavy atom. The van der Waals surface area contributed by atoms with E-state index in [-0.39, 0.29) is 5.82 Å². The molecule has 0 unspecified atom stereocenters. The number of hydrogen-bond acceptors (Lipinski definition) is 2. The van der Waals surface area contributed by atoms with E-state index in [2.05, 4.69) is 11.8 Å². The molecule has 96 valence electrons. The molecule has 0 amide bonds. The first-order valence-corrected chi connectivity index (χ1v) is 6.34. The van der Waals surface area contributed by atoms with E-state index in [4.69, 9.17) is 5.73 Å². The van der Waals surface area contributed by atoms with Gasteiger partial charge in [-0.1, -0.05) is 19.4 Å². The SMILES string of the molecule is CCCCN(CCN)Cc1cc(F)ccc1C. The van der Waals surface area contributed by atoms with E-state index in [0.717, 1.165) is 37.2 Å². The van der Waals surface area contributed by atoms with Gasteiger partial charge in [-0.3, -0.25) is 4.90 Å². The smallest absolute Gasteiger partial charge is 0.123 e. The van der Waals surface area contributed by atoms with E-state index >= 15 is 0 Å². The van der Waals surface area contributed by atoms with E-state index < -0.39 is 0 Å². The topological polar surface area (TPSA) is 29.3 Å². The van der Waals surface area contributed by atoms with Crippen molar-refractivity contribution >= 4 is 0 Å². The molecule has 0 aliphatic rings. The van der Waals surface area contributed by atoms with Crippen LogP contribution in [0.15, 0.2) is 18.2 Å². The lowest BCUT2D eigenvalue weighted by Crippen LogP contribution is -2.30. The highest BCUT2D eigenvalue weighted by Gasteiger charge is 2.07. The molecule has 0 atom stereocenters. The minimum Gasteiger partial charge on any atom is -0.329 e. The van der Waals surface area contributed by atoms with E-state index in [1.54, 1.807) is 6.07 Å². The summed E-state index contributed by atoms with van der Waals surface area (Å²) in [5.74, 6) is -0.159. The van der Waals surface area contributed by atoms with Gasteiger partial charge in [0.05, 0.1) is 0 Å². The molecule has 2 N–H and O–H groups in total.